The van der Waals surface area contributed by atoms with Crippen LogP contribution in [0.15, 0.2) is 30.3 Å². The van der Waals surface area contributed by atoms with Crippen LogP contribution < -0.4 is 10.6 Å². The standard InChI is InChI=1S/C17H25N3O2/c21-16(18-9-10-20-11-13-22-14-12-20)19-17(7-4-8-17)15-5-2-1-3-6-15/h1-3,5-6H,4,7-14H2,(H2,18,19,21). The van der Waals surface area contributed by atoms with E-state index in [0.717, 1.165) is 45.7 Å². The second-order valence-electron chi connectivity index (χ2n) is 6.14. The first-order chi connectivity index (χ1) is 10.8. The van der Waals surface area contributed by atoms with Gasteiger partial charge >= 0.3 is 6.03 Å². The highest BCUT2D eigenvalue weighted by molar-refractivity contribution is 5.75. The summed E-state index contributed by atoms with van der Waals surface area (Å²) in [7, 11) is 0. The van der Waals surface area contributed by atoms with Crippen molar-refractivity contribution in [2.24, 2.45) is 0 Å². The molecule has 0 atom stereocenters. The molecule has 1 aliphatic carbocycles. The van der Waals surface area contributed by atoms with Crippen LogP contribution in [0.3, 0.4) is 0 Å². The molecule has 0 aromatic heterocycles. The van der Waals surface area contributed by atoms with Gasteiger partial charge in [0.15, 0.2) is 0 Å². The summed E-state index contributed by atoms with van der Waals surface area (Å²) in [4.78, 5) is 14.5. The van der Waals surface area contributed by atoms with E-state index in [1.54, 1.807) is 0 Å². The third-order valence-corrected chi connectivity index (χ3v) is 4.70. The van der Waals surface area contributed by atoms with Gasteiger partial charge in [-0.05, 0) is 24.8 Å². The Labute approximate surface area is 132 Å². The summed E-state index contributed by atoms with van der Waals surface area (Å²) in [5, 5.41) is 6.18. The lowest BCUT2D eigenvalue weighted by Gasteiger charge is -2.43. The quantitative estimate of drug-likeness (QED) is 0.870. The van der Waals surface area contributed by atoms with Crippen LogP contribution in [-0.4, -0.2) is 50.3 Å². The van der Waals surface area contributed by atoms with E-state index in [4.69, 9.17) is 4.74 Å². The Morgan fingerprint density at radius 1 is 1.18 bits per heavy atom. The molecule has 1 aliphatic heterocycles. The lowest BCUT2D eigenvalue weighted by molar-refractivity contribution is 0.0386. The fraction of sp³-hybridized carbons (Fsp3) is 0.588. The number of ether oxygens (including phenoxy) is 1. The van der Waals surface area contributed by atoms with E-state index in [9.17, 15) is 4.79 Å². The molecule has 1 saturated carbocycles. The molecular formula is C17H25N3O2. The minimum Gasteiger partial charge on any atom is -0.379 e. The average Bonchev–Trinajstić information content (AvgIpc) is 2.53. The molecule has 0 spiro atoms. The Morgan fingerprint density at radius 2 is 1.91 bits per heavy atom. The number of carbonyl (C=O) groups is 1. The number of nitrogens with zero attached hydrogens (tertiary/aromatic N) is 1. The number of rotatable bonds is 5. The molecule has 1 saturated heterocycles. The first kappa shape index (κ1) is 15.3. The highest BCUT2D eigenvalue weighted by Gasteiger charge is 2.39. The van der Waals surface area contributed by atoms with Crippen molar-refractivity contribution in [3.63, 3.8) is 0 Å². The maximum absolute atomic E-state index is 12.2. The largest absolute Gasteiger partial charge is 0.379 e. The summed E-state index contributed by atoms with van der Waals surface area (Å²) in [5.74, 6) is 0. The predicted octanol–water partition coefficient (Wildman–Crippen LogP) is 1.70. The topological polar surface area (TPSA) is 53.6 Å². The Balaban J connectivity index is 1.46. The third-order valence-electron chi connectivity index (χ3n) is 4.70. The number of carbonyl (C=O) groups excluding carboxylic acids is 1. The van der Waals surface area contributed by atoms with Crippen molar-refractivity contribution in [2.45, 2.75) is 24.8 Å². The van der Waals surface area contributed by atoms with Gasteiger partial charge in [0.1, 0.15) is 0 Å². The molecular weight excluding hydrogens is 278 g/mol. The van der Waals surface area contributed by atoms with Gasteiger partial charge in [-0.15, -0.1) is 0 Å². The summed E-state index contributed by atoms with van der Waals surface area (Å²) in [6.07, 6.45) is 3.21. The Kier molecular flexibility index (Phi) is 4.95. The molecule has 5 nitrogen and oxygen atoms in total. The molecule has 1 aromatic carbocycles. The zero-order valence-corrected chi connectivity index (χ0v) is 13.0. The van der Waals surface area contributed by atoms with Crippen LogP contribution >= 0.6 is 0 Å². The minimum absolute atomic E-state index is 0.0585. The summed E-state index contributed by atoms with van der Waals surface area (Å²) in [6, 6.07) is 10.2. The van der Waals surface area contributed by atoms with E-state index in [2.05, 4.69) is 27.7 Å². The lowest BCUT2D eigenvalue weighted by atomic mass is 9.72. The molecule has 1 aromatic rings. The van der Waals surface area contributed by atoms with Crippen LogP contribution in [0.4, 0.5) is 4.79 Å². The number of benzene rings is 1. The summed E-state index contributed by atoms with van der Waals surface area (Å²) >= 11 is 0. The lowest BCUT2D eigenvalue weighted by Crippen LogP contribution is -2.54. The summed E-state index contributed by atoms with van der Waals surface area (Å²) < 4.78 is 5.32. The smallest absolute Gasteiger partial charge is 0.315 e. The van der Waals surface area contributed by atoms with Crippen molar-refractivity contribution >= 4 is 6.03 Å². The van der Waals surface area contributed by atoms with Crippen LogP contribution in [0.25, 0.3) is 0 Å². The monoisotopic (exact) mass is 303 g/mol. The van der Waals surface area contributed by atoms with Gasteiger partial charge in [-0.2, -0.15) is 0 Å². The molecule has 0 radical (unpaired) electrons. The summed E-state index contributed by atoms with van der Waals surface area (Å²) in [5.41, 5.74) is 1.05. The first-order valence-electron chi connectivity index (χ1n) is 8.20. The van der Waals surface area contributed by atoms with Gasteiger partial charge in [-0.3, -0.25) is 4.90 Å². The minimum atomic E-state index is -0.162. The zero-order chi connectivity index (χ0) is 15.3. The highest BCUT2D eigenvalue weighted by Crippen LogP contribution is 2.40. The van der Waals surface area contributed by atoms with Gasteiger partial charge in [0, 0.05) is 26.2 Å². The number of hydrogen-bond donors (Lipinski definition) is 2. The maximum atomic E-state index is 12.2. The summed E-state index contributed by atoms with van der Waals surface area (Å²) in [6.45, 7) is 5.06. The Bertz CT molecular complexity index is 482. The van der Waals surface area contributed by atoms with Gasteiger partial charge in [0.2, 0.25) is 0 Å². The van der Waals surface area contributed by atoms with Gasteiger partial charge < -0.3 is 15.4 Å². The molecule has 22 heavy (non-hydrogen) atoms. The molecule has 5 heteroatoms. The van der Waals surface area contributed by atoms with Crippen molar-refractivity contribution in [1.29, 1.82) is 0 Å². The van der Waals surface area contributed by atoms with Crippen LogP contribution in [0.5, 0.6) is 0 Å². The molecule has 1 heterocycles. The Hall–Kier alpha value is -1.59. The van der Waals surface area contributed by atoms with E-state index in [1.165, 1.54) is 12.0 Å². The molecule has 0 unspecified atom stereocenters. The predicted molar refractivity (Wildman–Crippen MR) is 85.8 cm³/mol. The molecule has 120 valence electrons. The number of amides is 2. The maximum Gasteiger partial charge on any atom is 0.315 e. The van der Waals surface area contributed by atoms with Gasteiger partial charge in [0.05, 0.1) is 18.8 Å². The van der Waals surface area contributed by atoms with Crippen LogP contribution in [0, 0.1) is 0 Å². The van der Waals surface area contributed by atoms with Crippen LogP contribution in [0.1, 0.15) is 24.8 Å². The molecule has 2 aliphatic rings. The highest BCUT2D eigenvalue weighted by atomic mass is 16.5. The van der Waals surface area contributed by atoms with Crippen molar-refractivity contribution in [3.8, 4) is 0 Å². The fourth-order valence-corrected chi connectivity index (χ4v) is 3.19. The first-order valence-corrected chi connectivity index (χ1v) is 8.20. The molecule has 2 fully saturated rings. The van der Waals surface area contributed by atoms with Gasteiger partial charge in [-0.1, -0.05) is 30.3 Å². The van der Waals surface area contributed by atoms with E-state index in [0.29, 0.717) is 6.54 Å². The number of morpholine rings is 1. The van der Waals surface area contributed by atoms with E-state index >= 15 is 0 Å². The van der Waals surface area contributed by atoms with Crippen LogP contribution in [-0.2, 0) is 10.3 Å². The normalized spacial score (nSPS) is 20.9. The van der Waals surface area contributed by atoms with Crippen molar-refractivity contribution in [1.82, 2.24) is 15.5 Å². The SMILES string of the molecule is O=C(NCCN1CCOCC1)NC1(c2ccccc2)CCC1. The van der Waals surface area contributed by atoms with Gasteiger partial charge in [0.25, 0.3) is 0 Å². The molecule has 3 rings (SSSR count). The van der Waals surface area contributed by atoms with E-state index < -0.39 is 0 Å². The number of hydrogen-bond acceptors (Lipinski definition) is 3. The molecule has 2 N–H and O–H groups in total. The zero-order valence-electron chi connectivity index (χ0n) is 13.0. The molecule has 2 amide bonds. The van der Waals surface area contributed by atoms with E-state index in [-0.39, 0.29) is 11.6 Å². The number of urea groups is 1. The third kappa shape index (κ3) is 3.59. The fourth-order valence-electron chi connectivity index (χ4n) is 3.19. The average molecular weight is 303 g/mol. The second-order valence-corrected chi connectivity index (χ2v) is 6.14. The Morgan fingerprint density at radius 3 is 2.55 bits per heavy atom. The van der Waals surface area contributed by atoms with Crippen molar-refractivity contribution in [3.05, 3.63) is 35.9 Å². The second kappa shape index (κ2) is 7.11. The van der Waals surface area contributed by atoms with Gasteiger partial charge in [-0.25, -0.2) is 4.79 Å². The molecule has 0 bridgehead atoms. The number of nitrogens with one attached hydrogen (secondary N) is 2. The van der Waals surface area contributed by atoms with Crippen molar-refractivity contribution in [2.75, 3.05) is 39.4 Å². The van der Waals surface area contributed by atoms with Crippen molar-refractivity contribution < 1.29 is 9.53 Å². The van der Waals surface area contributed by atoms with E-state index in [1.807, 2.05) is 18.2 Å². The van der Waals surface area contributed by atoms with Crippen LogP contribution in [0.2, 0.25) is 0 Å².